The van der Waals surface area contributed by atoms with Gasteiger partial charge in [0.05, 0.1) is 0 Å². The highest BCUT2D eigenvalue weighted by atomic mass is 32.1. The summed E-state index contributed by atoms with van der Waals surface area (Å²) in [6.07, 6.45) is 1.13. The van der Waals surface area contributed by atoms with Gasteiger partial charge in [-0.05, 0) is 19.1 Å². The molecule has 3 aromatic rings. The number of aromatic nitrogens is 3. The van der Waals surface area contributed by atoms with E-state index in [1.807, 2.05) is 12.3 Å². The van der Waals surface area contributed by atoms with E-state index in [4.69, 9.17) is 0 Å². The third-order valence-corrected chi connectivity index (χ3v) is 3.44. The standard InChI is InChI=1S/C12H8FN3OS/c1-7-6-18-12(14-7)9-4-11(17)16-5-8(13)2-3-10(16)15-9/h2-6H,1H3. The second-order valence-electron chi connectivity index (χ2n) is 3.85. The van der Waals surface area contributed by atoms with Crippen molar-refractivity contribution in [3.8, 4) is 10.7 Å². The first kappa shape index (κ1) is 11.0. The fourth-order valence-corrected chi connectivity index (χ4v) is 2.41. The van der Waals surface area contributed by atoms with Crippen molar-refractivity contribution >= 4 is 17.0 Å². The third-order valence-electron chi connectivity index (χ3n) is 2.46. The molecule has 0 aliphatic rings. The average molecular weight is 261 g/mol. The van der Waals surface area contributed by atoms with E-state index in [9.17, 15) is 9.18 Å². The molecule has 0 saturated carbocycles. The van der Waals surface area contributed by atoms with E-state index in [2.05, 4.69) is 9.97 Å². The first-order valence-electron chi connectivity index (χ1n) is 5.25. The van der Waals surface area contributed by atoms with Crippen LogP contribution in [-0.2, 0) is 0 Å². The minimum absolute atomic E-state index is 0.317. The highest BCUT2D eigenvalue weighted by Crippen LogP contribution is 2.20. The minimum atomic E-state index is -0.468. The Morgan fingerprint density at radius 1 is 1.33 bits per heavy atom. The Kier molecular flexibility index (Phi) is 2.45. The van der Waals surface area contributed by atoms with Gasteiger partial charge in [0, 0.05) is 23.3 Å². The summed E-state index contributed by atoms with van der Waals surface area (Å²) >= 11 is 1.43. The number of fused-ring (bicyclic) bond motifs is 1. The predicted octanol–water partition coefficient (Wildman–Crippen LogP) is 2.27. The van der Waals surface area contributed by atoms with Gasteiger partial charge in [-0.1, -0.05) is 0 Å². The van der Waals surface area contributed by atoms with Gasteiger partial charge in [-0.25, -0.2) is 14.4 Å². The van der Waals surface area contributed by atoms with Crippen LogP contribution in [0.5, 0.6) is 0 Å². The Balaban J connectivity index is 2.28. The molecule has 0 aliphatic carbocycles. The lowest BCUT2D eigenvalue weighted by atomic mass is 10.3. The Morgan fingerprint density at radius 2 is 2.17 bits per heavy atom. The first-order chi connectivity index (χ1) is 8.63. The van der Waals surface area contributed by atoms with E-state index in [1.165, 1.54) is 33.9 Å². The summed E-state index contributed by atoms with van der Waals surface area (Å²) in [5, 5.41) is 2.58. The van der Waals surface area contributed by atoms with Gasteiger partial charge in [-0.3, -0.25) is 9.20 Å². The summed E-state index contributed by atoms with van der Waals surface area (Å²) < 4.78 is 14.2. The van der Waals surface area contributed by atoms with Gasteiger partial charge in [0.1, 0.15) is 22.2 Å². The molecular formula is C12H8FN3OS. The fourth-order valence-electron chi connectivity index (χ4n) is 1.66. The zero-order chi connectivity index (χ0) is 12.7. The summed E-state index contributed by atoms with van der Waals surface area (Å²) in [4.78, 5) is 20.5. The number of aryl methyl sites for hydroxylation is 1. The molecule has 0 bridgehead atoms. The van der Waals surface area contributed by atoms with Crippen LogP contribution in [0, 0.1) is 12.7 Å². The number of hydrogen-bond donors (Lipinski definition) is 0. The summed E-state index contributed by atoms with van der Waals surface area (Å²) in [5.74, 6) is -0.468. The molecule has 6 heteroatoms. The molecule has 0 saturated heterocycles. The predicted molar refractivity (Wildman–Crippen MR) is 67.3 cm³/mol. The Labute approximate surface area is 105 Å². The van der Waals surface area contributed by atoms with Crippen molar-refractivity contribution in [3.05, 3.63) is 51.6 Å². The van der Waals surface area contributed by atoms with Gasteiger partial charge >= 0.3 is 0 Å². The van der Waals surface area contributed by atoms with Crippen molar-refractivity contribution < 1.29 is 4.39 Å². The van der Waals surface area contributed by atoms with Crippen LogP contribution in [0.1, 0.15) is 5.69 Å². The lowest BCUT2D eigenvalue weighted by molar-refractivity contribution is 0.617. The van der Waals surface area contributed by atoms with Crippen molar-refractivity contribution in [1.29, 1.82) is 0 Å². The molecule has 3 heterocycles. The van der Waals surface area contributed by atoms with E-state index in [0.29, 0.717) is 16.3 Å². The van der Waals surface area contributed by atoms with Crippen molar-refractivity contribution in [1.82, 2.24) is 14.4 Å². The molecule has 4 nitrogen and oxygen atoms in total. The van der Waals surface area contributed by atoms with Crippen LogP contribution in [0.3, 0.4) is 0 Å². The van der Waals surface area contributed by atoms with Crippen LogP contribution in [0.4, 0.5) is 4.39 Å². The molecule has 0 spiro atoms. The maximum Gasteiger partial charge on any atom is 0.258 e. The van der Waals surface area contributed by atoms with E-state index in [0.717, 1.165) is 11.9 Å². The van der Waals surface area contributed by atoms with Gasteiger partial charge in [0.15, 0.2) is 0 Å². The lowest BCUT2D eigenvalue weighted by Gasteiger charge is -2.01. The number of pyridine rings is 1. The zero-order valence-electron chi connectivity index (χ0n) is 9.42. The minimum Gasteiger partial charge on any atom is -0.269 e. The van der Waals surface area contributed by atoms with Gasteiger partial charge in [0.2, 0.25) is 0 Å². The number of thiazole rings is 1. The summed E-state index contributed by atoms with van der Waals surface area (Å²) in [6.45, 7) is 1.88. The van der Waals surface area contributed by atoms with Gasteiger partial charge < -0.3 is 0 Å². The Morgan fingerprint density at radius 3 is 2.89 bits per heavy atom. The Hall–Kier alpha value is -2.08. The molecule has 0 fully saturated rings. The average Bonchev–Trinajstić information content (AvgIpc) is 2.77. The molecule has 0 unspecified atom stereocenters. The number of nitrogens with zero attached hydrogens (tertiary/aromatic N) is 3. The van der Waals surface area contributed by atoms with Gasteiger partial charge in [0.25, 0.3) is 5.56 Å². The van der Waals surface area contributed by atoms with E-state index < -0.39 is 5.82 Å². The fraction of sp³-hybridized carbons (Fsp3) is 0.0833. The van der Waals surface area contributed by atoms with Crippen LogP contribution in [-0.4, -0.2) is 14.4 Å². The molecule has 90 valence electrons. The molecule has 0 atom stereocenters. The number of halogens is 1. The molecule has 3 aromatic heterocycles. The summed E-state index contributed by atoms with van der Waals surface area (Å²) in [5.41, 5.74) is 1.50. The molecule has 18 heavy (non-hydrogen) atoms. The van der Waals surface area contributed by atoms with Gasteiger partial charge in [-0.15, -0.1) is 11.3 Å². The maximum atomic E-state index is 13.0. The lowest BCUT2D eigenvalue weighted by Crippen LogP contribution is -2.14. The molecule has 3 rings (SSSR count). The van der Waals surface area contributed by atoms with Crippen molar-refractivity contribution in [2.45, 2.75) is 6.92 Å². The van der Waals surface area contributed by atoms with E-state index in [-0.39, 0.29) is 5.56 Å². The van der Waals surface area contributed by atoms with Crippen LogP contribution in [0.2, 0.25) is 0 Å². The van der Waals surface area contributed by atoms with Crippen molar-refractivity contribution in [3.63, 3.8) is 0 Å². The highest BCUT2D eigenvalue weighted by molar-refractivity contribution is 7.13. The van der Waals surface area contributed by atoms with E-state index >= 15 is 0 Å². The van der Waals surface area contributed by atoms with Crippen LogP contribution >= 0.6 is 11.3 Å². The summed E-state index contributed by atoms with van der Waals surface area (Å²) in [6, 6.07) is 4.12. The normalized spacial score (nSPS) is 11.0. The zero-order valence-corrected chi connectivity index (χ0v) is 10.2. The van der Waals surface area contributed by atoms with Crippen LogP contribution in [0.15, 0.2) is 34.6 Å². The number of hydrogen-bond acceptors (Lipinski definition) is 4. The van der Waals surface area contributed by atoms with Gasteiger partial charge in [-0.2, -0.15) is 0 Å². The van der Waals surface area contributed by atoms with E-state index in [1.54, 1.807) is 0 Å². The number of rotatable bonds is 1. The highest BCUT2D eigenvalue weighted by Gasteiger charge is 2.08. The maximum absolute atomic E-state index is 13.0. The van der Waals surface area contributed by atoms with Crippen molar-refractivity contribution in [2.75, 3.05) is 0 Å². The second-order valence-corrected chi connectivity index (χ2v) is 4.71. The molecule has 0 aliphatic heterocycles. The monoisotopic (exact) mass is 261 g/mol. The second kappa shape index (κ2) is 3.99. The smallest absolute Gasteiger partial charge is 0.258 e. The van der Waals surface area contributed by atoms with Crippen LogP contribution in [0.25, 0.3) is 16.3 Å². The van der Waals surface area contributed by atoms with Crippen molar-refractivity contribution in [2.24, 2.45) is 0 Å². The van der Waals surface area contributed by atoms with Crippen LogP contribution < -0.4 is 5.56 Å². The largest absolute Gasteiger partial charge is 0.269 e. The molecular weight excluding hydrogens is 253 g/mol. The Bertz CT molecular complexity index is 793. The summed E-state index contributed by atoms with van der Waals surface area (Å²) in [7, 11) is 0. The quantitative estimate of drug-likeness (QED) is 0.675. The molecule has 0 amide bonds. The first-order valence-corrected chi connectivity index (χ1v) is 6.13. The molecule has 0 N–H and O–H groups in total. The topological polar surface area (TPSA) is 47.3 Å². The third kappa shape index (κ3) is 1.80. The molecule has 0 aromatic carbocycles. The SMILES string of the molecule is Cc1csc(-c2cc(=O)n3cc(F)ccc3n2)n1. The molecule has 0 radical (unpaired) electrons.